The summed E-state index contributed by atoms with van der Waals surface area (Å²) >= 11 is 0. The van der Waals surface area contributed by atoms with Crippen LogP contribution in [0.1, 0.15) is 11.4 Å². The molecular weight excluding hydrogens is 254 g/mol. The van der Waals surface area contributed by atoms with Crippen molar-refractivity contribution in [3.05, 3.63) is 64.5 Å². The maximum absolute atomic E-state index is 11.9. The Hall–Kier alpha value is -2.69. The predicted octanol–water partition coefficient (Wildman–Crippen LogP) is 2.21. The zero-order chi connectivity index (χ0) is 13.9. The molecule has 0 fully saturated rings. The number of benzene rings is 1. The van der Waals surface area contributed by atoms with E-state index in [9.17, 15) is 4.79 Å². The van der Waals surface area contributed by atoms with Crippen LogP contribution in [0.4, 0.5) is 0 Å². The van der Waals surface area contributed by atoms with Crippen LogP contribution in [0.3, 0.4) is 0 Å². The topological polar surface area (TPSA) is 67.9 Å². The maximum Gasteiger partial charge on any atom is 0.258 e. The largest absolute Gasteiger partial charge is 0.486 e. The molecule has 20 heavy (non-hydrogen) atoms. The van der Waals surface area contributed by atoms with Crippen LogP contribution in [0.25, 0.3) is 10.9 Å². The number of pyridine rings is 1. The normalized spacial score (nSPS) is 10.7. The molecule has 0 spiro atoms. The standard InChI is InChI=1S/C15H13N3O2/c1-10-3-2-4-11(7-10)20-9-14-17-13-8-16-6-5-12(13)15(19)18-14/h2-8H,9H2,1H3,(H,17,18,19). The number of rotatable bonds is 3. The molecule has 0 bridgehead atoms. The van der Waals surface area contributed by atoms with E-state index >= 15 is 0 Å². The number of hydrogen-bond acceptors (Lipinski definition) is 4. The van der Waals surface area contributed by atoms with Crippen molar-refractivity contribution in [1.29, 1.82) is 0 Å². The molecule has 5 nitrogen and oxygen atoms in total. The molecule has 0 atom stereocenters. The summed E-state index contributed by atoms with van der Waals surface area (Å²) in [6, 6.07) is 9.36. The molecule has 1 N–H and O–H groups in total. The summed E-state index contributed by atoms with van der Waals surface area (Å²) in [5.41, 5.74) is 1.51. The molecule has 100 valence electrons. The molecule has 5 heteroatoms. The Balaban J connectivity index is 1.86. The van der Waals surface area contributed by atoms with E-state index in [1.807, 2.05) is 31.2 Å². The Kier molecular flexibility index (Phi) is 3.16. The van der Waals surface area contributed by atoms with Crippen molar-refractivity contribution in [2.75, 3.05) is 0 Å². The van der Waals surface area contributed by atoms with Crippen LogP contribution < -0.4 is 10.3 Å². The summed E-state index contributed by atoms with van der Waals surface area (Å²) in [5, 5.41) is 0.527. The minimum atomic E-state index is -0.180. The molecule has 0 aliphatic rings. The van der Waals surface area contributed by atoms with Gasteiger partial charge in [-0.1, -0.05) is 12.1 Å². The summed E-state index contributed by atoms with van der Waals surface area (Å²) < 4.78 is 5.62. The summed E-state index contributed by atoms with van der Waals surface area (Å²) in [7, 11) is 0. The highest BCUT2D eigenvalue weighted by Gasteiger charge is 2.04. The number of aromatic amines is 1. The Bertz CT molecular complexity index is 811. The fourth-order valence-corrected chi connectivity index (χ4v) is 1.96. The van der Waals surface area contributed by atoms with Crippen LogP contribution in [-0.4, -0.2) is 15.0 Å². The third-order valence-electron chi connectivity index (χ3n) is 2.92. The van der Waals surface area contributed by atoms with Crippen LogP contribution in [0.2, 0.25) is 0 Å². The van der Waals surface area contributed by atoms with Gasteiger partial charge in [0.1, 0.15) is 18.2 Å². The number of aromatic nitrogens is 3. The van der Waals surface area contributed by atoms with E-state index < -0.39 is 0 Å². The first-order valence-electron chi connectivity index (χ1n) is 6.25. The van der Waals surface area contributed by atoms with Gasteiger partial charge in [-0.05, 0) is 30.7 Å². The van der Waals surface area contributed by atoms with E-state index in [-0.39, 0.29) is 12.2 Å². The van der Waals surface area contributed by atoms with E-state index in [1.165, 1.54) is 0 Å². The molecule has 0 unspecified atom stereocenters. The molecule has 0 amide bonds. The highest BCUT2D eigenvalue weighted by Crippen LogP contribution is 2.13. The average Bonchev–Trinajstić information content (AvgIpc) is 2.45. The number of ether oxygens (including phenoxy) is 1. The van der Waals surface area contributed by atoms with Gasteiger partial charge in [-0.3, -0.25) is 9.78 Å². The molecule has 2 aromatic heterocycles. The van der Waals surface area contributed by atoms with Crippen molar-refractivity contribution < 1.29 is 4.74 Å². The molecule has 3 rings (SSSR count). The van der Waals surface area contributed by atoms with Crippen molar-refractivity contribution in [2.45, 2.75) is 13.5 Å². The second kappa shape index (κ2) is 5.13. The van der Waals surface area contributed by atoms with E-state index in [1.54, 1.807) is 18.5 Å². The van der Waals surface area contributed by atoms with Crippen molar-refractivity contribution in [2.24, 2.45) is 0 Å². The molecule has 2 heterocycles. The zero-order valence-electron chi connectivity index (χ0n) is 11.0. The summed E-state index contributed by atoms with van der Waals surface area (Å²) in [5.74, 6) is 1.23. The molecular formula is C15H13N3O2. The quantitative estimate of drug-likeness (QED) is 0.790. The lowest BCUT2D eigenvalue weighted by Crippen LogP contribution is -2.13. The Labute approximate surface area is 115 Å². The third-order valence-corrected chi connectivity index (χ3v) is 2.92. The summed E-state index contributed by atoms with van der Waals surface area (Å²) in [6.07, 6.45) is 3.14. The summed E-state index contributed by atoms with van der Waals surface area (Å²) in [6.45, 7) is 2.21. The fourth-order valence-electron chi connectivity index (χ4n) is 1.96. The highest BCUT2D eigenvalue weighted by molar-refractivity contribution is 5.75. The minimum Gasteiger partial charge on any atom is -0.486 e. The first-order valence-corrected chi connectivity index (χ1v) is 6.25. The molecule has 0 saturated heterocycles. The third kappa shape index (κ3) is 2.51. The van der Waals surface area contributed by atoms with E-state index in [4.69, 9.17) is 4.74 Å². The average molecular weight is 267 g/mol. The number of aryl methyl sites for hydroxylation is 1. The lowest BCUT2D eigenvalue weighted by Gasteiger charge is -2.06. The van der Waals surface area contributed by atoms with Gasteiger partial charge < -0.3 is 9.72 Å². The smallest absolute Gasteiger partial charge is 0.258 e. The van der Waals surface area contributed by atoms with Crippen molar-refractivity contribution in [3.63, 3.8) is 0 Å². The Morgan fingerprint density at radius 3 is 3.05 bits per heavy atom. The first kappa shape index (κ1) is 12.3. The van der Waals surface area contributed by atoms with Crippen LogP contribution in [0.15, 0.2) is 47.5 Å². The minimum absolute atomic E-state index is 0.180. The van der Waals surface area contributed by atoms with Gasteiger partial charge in [-0.2, -0.15) is 0 Å². The van der Waals surface area contributed by atoms with E-state index in [2.05, 4.69) is 15.0 Å². The van der Waals surface area contributed by atoms with Crippen molar-refractivity contribution >= 4 is 10.9 Å². The van der Waals surface area contributed by atoms with Gasteiger partial charge in [0, 0.05) is 6.20 Å². The SMILES string of the molecule is Cc1cccc(OCc2nc3cnccc3c(=O)[nH]2)c1. The second-order valence-electron chi connectivity index (χ2n) is 4.51. The van der Waals surface area contributed by atoms with E-state index in [0.29, 0.717) is 16.7 Å². The van der Waals surface area contributed by atoms with Crippen LogP contribution in [-0.2, 0) is 6.61 Å². The molecule has 0 saturated carbocycles. The van der Waals surface area contributed by atoms with Gasteiger partial charge in [0.15, 0.2) is 0 Å². The number of nitrogens with one attached hydrogen (secondary N) is 1. The van der Waals surface area contributed by atoms with Crippen LogP contribution in [0, 0.1) is 6.92 Å². The predicted molar refractivity (Wildman–Crippen MR) is 75.7 cm³/mol. The fraction of sp³-hybridized carbons (Fsp3) is 0.133. The molecule has 3 aromatic rings. The number of hydrogen-bond donors (Lipinski definition) is 1. The molecule has 0 aliphatic carbocycles. The second-order valence-corrected chi connectivity index (χ2v) is 4.51. The summed E-state index contributed by atoms with van der Waals surface area (Å²) in [4.78, 5) is 22.9. The molecule has 0 radical (unpaired) electrons. The number of H-pyrrole nitrogens is 1. The lowest BCUT2D eigenvalue weighted by atomic mass is 10.2. The highest BCUT2D eigenvalue weighted by atomic mass is 16.5. The van der Waals surface area contributed by atoms with Crippen LogP contribution in [0.5, 0.6) is 5.75 Å². The van der Waals surface area contributed by atoms with Crippen molar-refractivity contribution in [1.82, 2.24) is 15.0 Å². The van der Waals surface area contributed by atoms with Gasteiger partial charge in [0.25, 0.3) is 5.56 Å². The Morgan fingerprint density at radius 2 is 2.20 bits per heavy atom. The first-order chi connectivity index (χ1) is 9.72. The monoisotopic (exact) mass is 267 g/mol. The van der Waals surface area contributed by atoms with E-state index in [0.717, 1.165) is 11.3 Å². The maximum atomic E-state index is 11.9. The molecule has 1 aromatic carbocycles. The van der Waals surface area contributed by atoms with Gasteiger partial charge in [0.05, 0.1) is 17.1 Å². The Morgan fingerprint density at radius 1 is 1.30 bits per heavy atom. The van der Waals surface area contributed by atoms with Gasteiger partial charge in [-0.25, -0.2) is 4.98 Å². The van der Waals surface area contributed by atoms with Gasteiger partial charge in [-0.15, -0.1) is 0 Å². The van der Waals surface area contributed by atoms with Gasteiger partial charge >= 0.3 is 0 Å². The molecule has 0 aliphatic heterocycles. The van der Waals surface area contributed by atoms with Crippen LogP contribution >= 0.6 is 0 Å². The number of fused-ring (bicyclic) bond motifs is 1. The van der Waals surface area contributed by atoms with Gasteiger partial charge in [0.2, 0.25) is 0 Å². The number of nitrogens with zero attached hydrogens (tertiary/aromatic N) is 2. The van der Waals surface area contributed by atoms with Crippen molar-refractivity contribution in [3.8, 4) is 5.75 Å². The zero-order valence-corrected chi connectivity index (χ0v) is 11.0. The lowest BCUT2D eigenvalue weighted by molar-refractivity contribution is 0.296.